The van der Waals surface area contributed by atoms with Gasteiger partial charge in [-0.25, -0.2) is 4.39 Å². The molecule has 0 atom stereocenters. The minimum absolute atomic E-state index is 0.0697. The molecule has 0 bridgehead atoms. The molecule has 2 fully saturated rings. The van der Waals surface area contributed by atoms with Gasteiger partial charge in [-0.15, -0.1) is 0 Å². The van der Waals surface area contributed by atoms with Gasteiger partial charge < -0.3 is 9.30 Å². The molecule has 1 aromatic heterocycles. The van der Waals surface area contributed by atoms with Crippen LogP contribution in [-0.4, -0.2) is 24.1 Å². The summed E-state index contributed by atoms with van der Waals surface area (Å²) in [5.41, 5.74) is 1.16. The van der Waals surface area contributed by atoms with Crippen molar-refractivity contribution in [2.75, 3.05) is 13.2 Å². The van der Waals surface area contributed by atoms with E-state index < -0.39 is 11.2 Å². The Morgan fingerprint density at radius 1 is 1.12 bits per heavy atom. The van der Waals surface area contributed by atoms with Crippen LogP contribution in [0.4, 0.5) is 4.39 Å². The molecule has 1 saturated carbocycles. The Hall–Kier alpha value is -2.27. The predicted octanol–water partition coefficient (Wildman–Crippen LogP) is 3.77. The molecule has 4 nitrogen and oxygen atoms in total. The Labute approximate surface area is 151 Å². The van der Waals surface area contributed by atoms with Crippen LogP contribution in [0.25, 0.3) is 11.1 Å². The van der Waals surface area contributed by atoms with Crippen LogP contribution in [0.2, 0.25) is 0 Å². The first kappa shape index (κ1) is 17.2. The van der Waals surface area contributed by atoms with Gasteiger partial charge in [0.1, 0.15) is 5.82 Å². The maximum absolute atomic E-state index is 14.7. The molecular weight excluding hydrogens is 333 g/mol. The molecule has 136 valence electrons. The smallest absolute Gasteiger partial charge is 0.199 e. The van der Waals surface area contributed by atoms with Crippen LogP contribution in [0.5, 0.6) is 0 Å². The molecule has 4 rings (SSSR count). The quantitative estimate of drug-likeness (QED) is 0.767. The van der Waals surface area contributed by atoms with Crippen LogP contribution < -0.4 is 5.43 Å². The van der Waals surface area contributed by atoms with E-state index >= 15 is 0 Å². The molecule has 1 aliphatic heterocycles. The van der Waals surface area contributed by atoms with Gasteiger partial charge in [-0.1, -0.05) is 12.1 Å². The van der Waals surface area contributed by atoms with E-state index in [0.29, 0.717) is 24.7 Å². The number of pyridine rings is 1. The largest absolute Gasteiger partial charge is 0.381 e. The van der Waals surface area contributed by atoms with Gasteiger partial charge in [0.2, 0.25) is 0 Å². The number of halogens is 1. The van der Waals surface area contributed by atoms with Gasteiger partial charge in [0.25, 0.3) is 0 Å². The van der Waals surface area contributed by atoms with Crippen molar-refractivity contribution < 1.29 is 13.9 Å². The summed E-state index contributed by atoms with van der Waals surface area (Å²) in [6.07, 6.45) is 7.90. The molecule has 0 N–H and O–H groups in total. The van der Waals surface area contributed by atoms with Crippen molar-refractivity contribution in [3.63, 3.8) is 0 Å². The zero-order chi connectivity index (χ0) is 18.1. The molecule has 0 amide bonds. The third-order valence-corrected chi connectivity index (χ3v) is 5.38. The third-order valence-electron chi connectivity index (χ3n) is 5.38. The summed E-state index contributed by atoms with van der Waals surface area (Å²) in [5, 5.41) is 0. The molecule has 0 radical (unpaired) electrons. The van der Waals surface area contributed by atoms with Crippen LogP contribution in [-0.2, 0) is 11.3 Å². The minimum Gasteiger partial charge on any atom is -0.381 e. The Bertz CT molecular complexity index is 879. The number of hydrogen-bond donors (Lipinski definition) is 0. The Balaban J connectivity index is 1.71. The highest BCUT2D eigenvalue weighted by molar-refractivity contribution is 5.78. The number of aromatic nitrogens is 1. The van der Waals surface area contributed by atoms with Crippen LogP contribution in [0.1, 0.15) is 47.5 Å². The summed E-state index contributed by atoms with van der Waals surface area (Å²) in [4.78, 5) is 24.0. The molecule has 0 unspecified atom stereocenters. The molecule has 5 heteroatoms. The number of aldehydes is 1. The van der Waals surface area contributed by atoms with E-state index in [2.05, 4.69) is 0 Å². The first-order valence-electron chi connectivity index (χ1n) is 9.22. The normalized spacial score (nSPS) is 18.0. The van der Waals surface area contributed by atoms with Crippen LogP contribution in [0.15, 0.2) is 35.4 Å². The highest BCUT2D eigenvalue weighted by Gasteiger charge is 2.25. The average molecular weight is 355 g/mol. The van der Waals surface area contributed by atoms with E-state index in [9.17, 15) is 14.0 Å². The van der Waals surface area contributed by atoms with Crippen molar-refractivity contribution in [3.8, 4) is 11.1 Å². The number of rotatable bonds is 5. The van der Waals surface area contributed by atoms with Gasteiger partial charge in [0.05, 0.1) is 5.56 Å². The molecular formula is C21H22FNO3. The first-order chi connectivity index (χ1) is 12.7. The summed E-state index contributed by atoms with van der Waals surface area (Å²) < 4.78 is 21.9. The molecule has 26 heavy (non-hydrogen) atoms. The van der Waals surface area contributed by atoms with Gasteiger partial charge in [-0.05, 0) is 49.1 Å². The van der Waals surface area contributed by atoms with Crippen molar-refractivity contribution >= 4 is 6.29 Å². The summed E-state index contributed by atoms with van der Waals surface area (Å²) in [6, 6.07) is 5.10. The average Bonchev–Trinajstić information content (AvgIpc) is 3.49. The molecule has 2 aliphatic rings. The molecule has 2 aromatic rings. The van der Waals surface area contributed by atoms with E-state index in [1.54, 1.807) is 18.5 Å². The number of benzene rings is 1. The lowest BCUT2D eigenvalue weighted by Crippen LogP contribution is -2.22. The second-order valence-electron chi connectivity index (χ2n) is 7.34. The summed E-state index contributed by atoms with van der Waals surface area (Å²) in [6.45, 7) is 2.16. The Morgan fingerprint density at radius 3 is 2.54 bits per heavy atom. The van der Waals surface area contributed by atoms with Crippen LogP contribution in [0, 0.1) is 11.7 Å². The maximum Gasteiger partial charge on any atom is 0.199 e. The fourth-order valence-electron chi connectivity index (χ4n) is 3.68. The van der Waals surface area contributed by atoms with Gasteiger partial charge in [-0.2, -0.15) is 0 Å². The van der Waals surface area contributed by atoms with Crippen molar-refractivity contribution in [2.24, 2.45) is 5.92 Å². The number of ether oxygens (including phenoxy) is 1. The lowest BCUT2D eigenvalue weighted by atomic mass is 9.99. The van der Waals surface area contributed by atoms with E-state index in [1.165, 1.54) is 6.07 Å². The Morgan fingerprint density at radius 2 is 1.88 bits per heavy atom. The first-order valence-corrected chi connectivity index (χ1v) is 9.22. The summed E-state index contributed by atoms with van der Waals surface area (Å²) in [5.74, 6) is 0.484. The zero-order valence-electron chi connectivity index (χ0n) is 14.6. The number of nitrogens with zero attached hydrogens (tertiary/aromatic N) is 1. The van der Waals surface area contributed by atoms with Gasteiger partial charge >= 0.3 is 0 Å². The standard InChI is InChI=1S/C21H22FNO3/c22-20-9-16(15-1-2-15)3-4-18(20)19-12-23(11-17(13-24)21(19)25)10-14-5-7-26-8-6-14/h3-4,9,11-15H,1-2,5-8,10H2. The summed E-state index contributed by atoms with van der Waals surface area (Å²) >= 11 is 0. The lowest BCUT2D eigenvalue weighted by Gasteiger charge is -2.23. The number of carbonyl (C=O) groups excluding carboxylic acids is 1. The van der Waals surface area contributed by atoms with Gasteiger partial charge in [0, 0.05) is 43.3 Å². The molecule has 1 saturated heterocycles. The highest BCUT2D eigenvalue weighted by atomic mass is 19.1. The minimum atomic E-state index is -0.415. The van der Waals surface area contributed by atoms with Gasteiger partial charge in [0.15, 0.2) is 11.7 Å². The highest BCUT2D eigenvalue weighted by Crippen LogP contribution is 2.41. The SMILES string of the molecule is O=Cc1cn(CC2CCOCC2)cc(-c2ccc(C3CC3)cc2F)c1=O. The monoisotopic (exact) mass is 355 g/mol. The van der Waals surface area contributed by atoms with E-state index in [0.717, 1.165) is 44.5 Å². The molecule has 2 heterocycles. The lowest BCUT2D eigenvalue weighted by molar-refractivity contribution is 0.0612. The van der Waals surface area contributed by atoms with E-state index in [4.69, 9.17) is 4.74 Å². The Kier molecular flexibility index (Phi) is 4.72. The van der Waals surface area contributed by atoms with Crippen molar-refractivity contribution in [2.45, 2.75) is 38.1 Å². The van der Waals surface area contributed by atoms with Crippen molar-refractivity contribution in [1.29, 1.82) is 0 Å². The summed E-state index contributed by atoms with van der Waals surface area (Å²) in [7, 11) is 0. The van der Waals surface area contributed by atoms with Crippen LogP contribution >= 0.6 is 0 Å². The van der Waals surface area contributed by atoms with Gasteiger partial charge in [-0.3, -0.25) is 9.59 Å². The molecule has 1 aromatic carbocycles. The topological polar surface area (TPSA) is 48.3 Å². The van der Waals surface area contributed by atoms with E-state index in [-0.39, 0.29) is 16.7 Å². The third kappa shape index (κ3) is 3.49. The fraction of sp³-hybridized carbons (Fsp3) is 0.429. The predicted molar refractivity (Wildman–Crippen MR) is 97.0 cm³/mol. The van der Waals surface area contributed by atoms with Crippen LogP contribution in [0.3, 0.4) is 0 Å². The van der Waals surface area contributed by atoms with Crippen molar-refractivity contribution in [3.05, 3.63) is 57.8 Å². The van der Waals surface area contributed by atoms with Crippen molar-refractivity contribution in [1.82, 2.24) is 4.57 Å². The second-order valence-corrected chi connectivity index (χ2v) is 7.34. The molecule has 1 aliphatic carbocycles. The fourth-order valence-corrected chi connectivity index (χ4v) is 3.68. The maximum atomic E-state index is 14.7. The van der Waals surface area contributed by atoms with E-state index in [1.807, 2.05) is 10.6 Å². The zero-order valence-corrected chi connectivity index (χ0v) is 14.6. The molecule has 0 spiro atoms. The number of hydrogen-bond acceptors (Lipinski definition) is 3. The number of carbonyl (C=O) groups is 1. The second kappa shape index (κ2) is 7.16.